The second-order valence-electron chi connectivity index (χ2n) is 7.01. The van der Waals surface area contributed by atoms with Crippen molar-refractivity contribution in [2.24, 2.45) is 5.73 Å². The summed E-state index contributed by atoms with van der Waals surface area (Å²) in [5.74, 6) is -0.998. The van der Waals surface area contributed by atoms with Crippen LogP contribution >= 0.6 is 0 Å². The van der Waals surface area contributed by atoms with Crippen LogP contribution in [0.1, 0.15) is 45.1 Å². The van der Waals surface area contributed by atoms with Crippen LogP contribution < -0.4 is 11.1 Å². The largest absolute Gasteiger partial charge is 0.373 e. The monoisotopic (exact) mass is 420 g/mol. The van der Waals surface area contributed by atoms with Gasteiger partial charge in [0.2, 0.25) is 10.0 Å². The van der Waals surface area contributed by atoms with E-state index in [1.807, 2.05) is 0 Å². The van der Waals surface area contributed by atoms with Crippen LogP contribution in [-0.2, 0) is 27.9 Å². The topological polar surface area (TPSA) is 124 Å². The number of primary amides is 1. The van der Waals surface area contributed by atoms with E-state index in [0.29, 0.717) is 30.1 Å². The number of aromatic nitrogens is 1. The predicted octanol–water partition coefficient (Wildman–Crippen LogP) is 0.859. The lowest BCUT2D eigenvalue weighted by Crippen LogP contribution is -2.30. The fourth-order valence-electron chi connectivity index (χ4n) is 3.24. The van der Waals surface area contributed by atoms with Crippen molar-refractivity contribution >= 4 is 21.8 Å². The Morgan fingerprint density at radius 1 is 1.28 bits per heavy atom. The number of sulfonamides is 1. The van der Waals surface area contributed by atoms with Crippen molar-refractivity contribution < 1.29 is 22.7 Å². The summed E-state index contributed by atoms with van der Waals surface area (Å²) in [5, 5.41) is 2.86. The van der Waals surface area contributed by atoms with E-state index in [0.717, 1.165) is 4.31 Å². The van der Waals surface area contributed by atoms with E-state index in [1.165, 1.54) is 32.3 Å². The molecule has 156 valence electrons. The number of nitrogens with zero attached hydrogens (tertiary/aromatic N) is 2. The highest BCUT2D eigenvalue weighted by Gasteiger charge is 2.26. The van der Waals surface area contributed by atoms with E-state index in [-0.39, 0.29) is 23.0 Å². The van der Waals surface area contributed by atoms with E-state index in [2.05, 4.69) is 5.32 Å². The van der Waals surface area contributed by atoms with Crippen LogP contribution in [0, 0.1) is 0 Å². The van der Waals surface area contributed by atoms with Crippen molar-refractivity contribution in [3.63, 3.8) is 0 Å². The molecule has 29 heavy (non-hydrogen) atoms. The van der Waals surface area contributed by atoms with Crippen molar-refractivity contribution in [3.05, 3.63) is 52.8 Å². The number of hydrogen-bond acceptors (Lipinski definition) is 5. The number of nitrogens with one attached hydrogen (secondary N) is 1. The Bertz CT molecular complexity index is 1060. The molecular formula is C19H24N4O5S. The Kier molecular flexibility index (Phi) is 5.78. The average Bonchev–Trinajstić information content (AvgIpc) is 3.08. The van der Waals surface area contributed by atoms with Gasteiger partial charge in [0.1, 0.15) is 5.69 Å². The lowest BCUT2D eigenvalue weighted by Gasteiger charge is -2.20. The minimum atomic E-state index is -3.58. The van der Waals surface area contributed by atoms with Crippen LogP contribution in [0.25, 0.3) is 0 Å². The normalized spacial score (nSPS) is 15.0. The van der Waals surface area contributed by atoms with Gasteiger partial charge in [-0.2, -0.15) is 0 Å². The molecule has 0 spiro atoms. The van der Waals surface area contributed by atoms with Gasteiger partial charge in [-0.15, -0.1) is 0 Å². The lowest BCUT2D eigenvalue weighted by atomic mass is 10.1. The van der Waals surface area contributed by atoms with Crippen LogP contribution in [-0.4, -0.2) is 49.8 Å². The molecule has 2 heterocycles. The van der Waals surface area contributed by atoms with Crippen LogP contribution in [0.5, 0.6) is 0 Å². The highest BCUT2D eigenvalue weighted by molar-refractivity contribution is 7.89. The molecule has 0 radical (unpaired) electrons. The molecule has 1 atom stereocenters. The molecule has 1 aliphatic heterocycles. The minimum absolute atomic E-state index is 0.148. The molecule has 3 N–H and O–H groups in total. The maximum Gasteiger partial charge on any atom is 0.268 e. The van der Waals surface area contributed by atoms with E-state index in [9.17, 15) is 18.0 Å². The van der Waals surface area contributed by atoms with Gasteiger partial charge in [0, 0.05) is 20.6 Å². The number of benzene rings is 1. The Labute approximate surface area is 169 Å². The summed E-state index contributed by atoms with van der Waals surface area (Å²) in [6.07, 6.45) is 0. The first-order valence-electron chi connectivity index (χ1n) is 9.06. The molecule has 1 aliphatic rings. The van der Waals surface area contributed by atoms with Crippen molar-refractivity contribution in [2.75, 3.05) is 20.7 Å². The second kappa shape index (κ2) is 7.97. The Morgan fingerprint density at radius 2 is 2.00 bits per heavy atom. The van der Waals surface area contributed by atoms with Crippen molar-refractivity contribution in [1.29, 1.82) is 0 Å². The maximum atomic E-state index is 12.9. The lowest BCUT2D eigenvalue weighted by molar-refractivity contribution is 0.0782. The number of ether oxygens (including phenoxy) is 1. The summed E-state index contributed by atoms with van der Waals surface area (Å²) in [5.41, 5.74) is 7.24. The van der Waals surface area contributed by atoms with Crippen LogP contribution in [0.3, 0.4) is 0 Å². The van der Waals surface area contributed by atoms with Gasteiger partial charge < -0.3 is 20.4 Å². The van der Waals surface area contributed by atoms with Crippen LogP contribution in [0.2, 0.25) is 0 Å². The van der Waals surface area contributed by atoms with Gasteiger partial charge in [0.15, 0.2) is 0 Å². The molecule has 0 saturated heterocycles. The van der Waals surface area contributed by atoms with Gasteiger partial charge in [0.05, 0.1) is 35.4 Å². The summed E-state index contributed by atoms with van der Waals surface area (Å²) in [4.78, 5) is 24.7. The van der Waals surface area contributed by atoms with Crippen LogP contribution in [0.15, 0.2) is 35.2 Å². The maximum absolute atomic E-state index is 12.9. The molecular weight excluding hydrogens is 396 g/mol. The molecule has 3 rings (SSSR count). The quantitative estimate of drug-likeness (QED) is 0.717. The zero-order valence-corrected chi connectivity index (χ0v) is 17.3. The summed E-state index contributed by atoms with van der Waals surface area (Å²) < 4.78 is 33.0. The summed E-state index contributed by atoms with van der Waals surface area (Å²) in [7, 11) is -0.658. The van der Waals surface area contributed by atoms with Gasteiger partial charge in [-0.1, -0.05) is 12.1 Å². The number of hydrogen-bond donors (Lipinski definition) is 2. The molecule has 0 aliphatic carbocycles. The predicted molar refractivity (Wildman–Crippen MR) is 106 cm³/mol. The molecule has 0 saturated carbocycles. The standard InChI is InChI=1S/C19H24N4O5S/c1-12(13-5-4-6-14(9-13)29(26,27)22(2)3)21-19(25)16-10-15(18(20)24)17-11-28-8-7-23(16)17/h4-6,9-10,12H,7-8,11H2,1-3H3,(H2,20,24)(H,21,25). The first-order valence-corrected chi connectivity index (χ1v) is 10.5. The first-order chi connectivity index (χ1) is 13.6. The number of carbonyl (C=O) groups is 2. The zero-order chi connectivity index (χ0) is 21.3. The van der Waals surface area contributed by atoms with Crippen molar-refractivity contribution in [3.8, 4) is 0 Å². The van der Waals surface area contributed by atoms with Crippen LogP contribution in [0.4, 0.5) is 0 Å². The molecule has 2 aromatic rings. The molecule has 2 amide bonds. The van der Waals surface area contributed by atoms with E-state index in [4.69, 9.17) is 10.5 Å². The van der Waals surface area contributed by atoms with E-state index in [1.54, 1.807) is 23.6 Å². The fourth-order valence-corrected chi connectivity index (χ4v) is 4.19. The van der Waals surface area contributed by atoms with Crippen molar-refractivity contribution in [1.82, 2.24) is 14.2 Å². The summed E-state index contributed by atoms with van der Waals surface area (Å²) in [6, 6.07) is 7.45. The Balaban J connectivity index is 1.86. The SMILES string of the molecule is CC(NC(=O)c1cc(C(N)=O)c2n1CCOC2)c1cccc(S(=O)(=O)N(C)C)c1. The average molecular weight is 420 g/mol. The molecule has 1 aromatic carbocycles. The third kappa shape index (κ3) is 4.04. The van der Waals surface area contributed by atoms with Gasteiger partial charge in [-0.3, -0.25) is 9.59 Å². The van der Waals surface area contributed by atoms with Crippen molar-refractivity contribution in [2.45, 2.75) is 31.0 Å². The van der Waals surface area contributed by atoms with Gasteiger partial charge in [-0.25, -0.2) is 12.7 Å². The highest BCUT2D eigenvalue weighted by atomic mass is 32.2. The zero-order valence-electron chi connectivity index (χ0n) is 16.5. The van der Waals surface area contributed by atoms with Gasteiger partial charge in [-0.05, 0) is 30.7 Å². The molecule has 1 aromatic heterocycles. The molecule has 0 fully saturated rings. The Morgan fingerprint density at radius 3 is 2.66 bits per heavy atom. The van der Waals surface area contributed by atoms with E-state index >= 15 is 0 Å². The van der Waals surface area contributed by atoms with Gasteiger partial charge >= 0.3 is 0 Å². The highest BCUT2D eigenvalue weighted by Crippen LogP contribution is 2.23. The third-order valence-corrected chi connectivity index (χ3v) is 6.70. The van der Waals surface area contributed by atoms with Gasteiger partial charge in [0.25, 0.3) is 11.8 Å². The summed E-state index contributed by atoms with van der Waals surface area (Å²) >= 11 is 0. The smallest absolute Gasteiger partial charge is 0.268 e. The Hall–Kier alpha value is -2.69. The number of amides is 2. The molecule has 0 bridgehead atoms. The number of nitrogens with two attached hydrogens (primary N) is 1. The number of carbonyl (C=O) groups excluding carboxylic acids is 2. The number of fused-ring (bicyclic) bond motifs is 1. The molecule has 9 nitrogen and oxygen atoms in total. The fraction of sp³-hybridized carbons (Fsp3) is 0.368. The minimum Gasteiger partial charge on any atom is -0.373 e. The number of rotatable bonds is 6. The second-order valence-corrected chi connectivity index (χ2v) is 9.17. The van der Waals surface area contributed by atoms with E-state index < -0.39 is 22.0 Å². The molecule has 1 unspecified atom stereocenters. The summed E-state index contributed by atoms with van der Waals surface area (Å²) in [6.45, 7) is 2.85. The third-order valence-electron chi connectivity index (χ3n) is 4.89. The molecule has 10 heteroatoms. The first kappa shape index (κ1) is 21.0.